The summed E-state index contributed by atoms with van der Waals surface area (Å²) in [4.78, 5) is 2.34. The SMILES string of the molecule is CO[Si](C)(CC[Si](OC)(OC)N1CCN(C)CC1)OC. The summed E-state index contributed by atoms with van der Waals surface area (Å²) in [6.07, 6.45) is 0. The molecule has 6 nitrogen and oxygen atoms in total. The first-order chi connectivity index (χ1) is 9.45. The van der Waals surface area contributed by atoms with Gasteiger partial charge in [0, 0.05) is 60.7 Å². The molecule has 20 heavy (non-hydrogen) atoms. The Kier molecular flexibility index (Phi) is 7.29. The van der Waals surface area contributed by atoms with Gasteiger partial charge in [-0.2, -0.15) is 0 Å². The van der Waals surface area contributed by atoms with Gasteiger partial charge in [-0.3, -0.25) is 4.57 Å². The van der Waals surface area contributed by atoms with Gasteiger partial charge >= 0.3 is 17.3 Å². The maximum absolute atomic E-state index is 5.88. The number of hydrogen-bond donors (Lipinski definition) is 0. The van der Waals surface area contributed by atoms with E-state index >= 15 is 0 Å². The fourth-order valence-electron chi connectivity index (χ4n) is 2.52. The van der Waals surface area contributed by atoms with Crippen LogP contribution in [0.4, 0.5) is 0 Å². The van der Waals surface area contributed by atoms with E-state index in [1.165, 1.54) is 0 Å². The van der Waals surface area contributed by atoms with Crippen molar-refractivity contribution in [3.05, 3.63) is 0 Å². The normalized spacial score (nSPS) is 19.5. The Balaban J connectivity index is 2.71. The minimum Gasteiger partial charge on any atom is -0.398 e. The summed E-state index contributed by atoms with van der Waals surface area (Å²) in [5.41, 5.74) is 0. The molecule has 0 N–H and O–H groups in total. The predicted octanol–water partition coefficient (Wildman–Crippen LogP) is 0.830. The van der Waals surface area contributed by atoms with Crippen molar-refractivity contribution in [2.45, 2.75) is 18.6 Å². The molecule has 1 fully saturated rings. The first-order valence-corrected chi connectivity index (χ1v) is 11.6. The summed E-state index contributed by atoms with van der Waals surface area (Å²) < 4.78 is 25.3. The van der Waals surface area contributed by atoms with E-state index in [9.17, 15) is 0 Å². The molecule has 8 heteroatoms. The zero-order chi connectivity index (χ0) is 15.2. The molecule has 0 radical (unpaired) electrons. The van der Waals surface area contributed by atoms with Crippen LogP contribution in [0.2, 0.25) is 18.6 Å². The topological polar surface area (TPSA) is 43.4 Å². The van der Waals surface area contributed by atoms with E-state index in [0.717, 1.165) is 38.3 Å². The van der Waals surface area contributed by atoms with E-state index < -0.39 is 17.3 Å². The lowest BCUT2D eigenvalue weighted by Gasteiger charge is -2.43. The van der Waals surface area contributed by atoms with Crippen molar-refractivity contribution in [1.82, 2.24) is 9.47 Å². The van der Waals surface area contributed by atoms with Gasteiger partial charge in [-0.1, -0.05) is 0 Å². The van der Waals surface area contributed by atoms with Gasteiger partial charge in [0.2, 0.25) is 0 Å². The quantitative estimate of drug-likeness (QED) is 0.617. The molecule has 0 unspecified atom stereocenters. The number of rotatable bonds is 8. The van der Waals surface area contributed by atoms with Crippen LogP contribution in [0.5, 0.6) is 0 Å². The molecule has 0 aromatic carbocycles. The largest absolute Gasteiger partial charge is 0.427 e. The van der Waals surface area contributed by atoms with Crippen LogP contribution in [0.25, 0.3) is 0 Å². The third kappa shape index (κ3) is 4.34. The number of likely N-dealkylation sites (N-methyl/N-ethyl adjacent to an activating group) is 1. The number of piperazine rings is 1. The Morgan fingerprint density at radius 2 is 1.30 bits per heavy atom. The summed E-state index contributed by atoms with van der Waals surface area (Å²) in [5, 5.41) is 0. The molecule has 120 valence electrons. The third-order valence-electron chi connectivity index (χ3n) is 4.38. The van der Waals surface area contributed by atoms with Crippen LogP contribution in [-0.2, 0) is 17.7 Å². The molecule has 1 aliphatic rings. The Hall–Kier alpha value is 0.194. The second-order valence-corrected chi connectivity index (χ2v) is 12.4. The molecule has 1 aliphatic heterocycles. The van der Waals surface area contributed by atoms with E-state index in [0.29, 0.717) is 0 Å². The standard InChI is InChI=1S/C12H30N2O4Si2/c1-13-7-9-14(10-8-13)20(17-4,18-5)12-11-19(6,15-2)16-3/h7-12H2,1-6H3. The molecule has 0 atom stereocenters. The molecule has 1 rings (SSSR count). The van der Waals surface area contributed by atoms with E-state index in [1.54, 1.807) is 28.4 Å². The minimum atomic E-state index is -2.33. The van der Waals surface area contributed by atoms with Crippen molar-refractivity contribution in [1.29, 1.82) is 0 Å². The average molecular weight is 323 g/mol. The highest BCUT2D eigenvalue weighted by Crippen LogP contribution is 2.26. The van der Waals surface area contributed by atoms with Crippen LogP contribution in [0, 0.1) is 0 Å². The lowest BCUT2D eigenvalue weighted by Crippen LogP contribution is -2.63. The van der Waals surface area contributed by atoms with Gasteiger partial charge in [-0.15, -0.1) is 0 Å². The van der Waals surface area contributed by atoms with Crippen LogP contribution in [0.1, 0.15) is 0 Å². The molecule has 1 saturated heterocycles. The molecule has 0 aromatic rings. The summed E-state index contributed by atoms with van der Waals surface area (Å²) >= 11 is 0. The van der Waals surface area contributed by atoms with Crippen molar-refractivity contribution in [3.63, 3.8) is 0 Å². The monoisotopic (exact) mass is 322 g/mol. The zero-order valence-corrected chi connectivity index (χ0v) is 15.8. The molecule has 0 aliphatic carbocycles. The zero-order valence-electron chi connectivity index (χ0n) is 13.8. The Morgan fingerprint density at radius 3 is 1.70 bits per heavy atom. The van der Waals surface area contributed by atoms with Crippen molar-refractivity contribution in [2.75, 3.05) is 61.7 Å². The van der Waals surface area contributed by atoms with E-state index in [-0.39, 0.29) is 0 Å². The summed E-state index contributed by atoms with van der Waals surface area (Å²) in [6, 6.07) is 1.77. The lowest BCUT2D eigenvalue weighted by molar-refractivity contribution is 0.122. The molecule has 0 bridgehead atoms. The molecule has 0 spiro atoms. The van der Waals surface area contributed by atoms with Crippen molar-refractivity contribution >= 4 is 17.3 Å². The highest BCUT2D eigenvalue weighted by Gasteiger charge is 2.46. The molecule has 0 amide bonds. The first-order valence-electron chi connectivity index (χ1n) is 7.09. The maximum atomic E-state index is 5.88. The van der Waals surface area contributed by atoms with Gasteiger partial charge in [0.05, 0.1) is 0 Å². The fourth-order valence-corrected chi connectivity index (χ4v) is 8.47. The van der Waals surface area contributed by atoms with Crippen molar-refractivity contribution in [2.24, 2.45) is 0 Å². The Bertz CT molecular complexity index is 281. The van der Waals surface area contributed by atoms with Gasteiger partial charge in [0.15, 0.2) is 0 Å². The predicted molar refractivity (Wildman–Crippen MR) is 84.1 cm³/mol. The first kappa shape index (κ1) is 18.2. The van der Waals surface area contributed by atoms with Gasteiger partial charge in [-0.25, -0.2) is 0 Å². The highest BCUT2D eigenvalue weighted by molar-refractivity contribution is 6.71. The van der Waals surface area contributed by atoms with Crippen molar-refractivity contribution in [3.8, 4) is 0 Å². The maximum Gasteiger partial charge on any atom is 0.427 e. The van der Waals surface area contributed by atoms with Crippen LogP contribution < -0.4 is 0 Å². The number of hydrogen-bond acceptors (Lipinski definition) is 6. The Labute approximate surface area is 125 Å². The van der Waals surface area contributed by atoms with Gasteiger partial charge in [0.1, 0.15) is 0 Å². The summed E-state index contributed by atoms with van der Waals surface area (Å²) in [6.45, 7) is 6.21. The average Bonchev–Trinajstić information content (AvgIpc) is 2.50. The number of nitrogens with zero attached hydrogens (tertiary/aromatic N) is 2. The van der Waals surface area contributed by atoms with Gasteiger partial charge in [-0.05, 0) is 19.6 Å². The third-order valence-corrected chi connectivity index (χ3v) is 11.3. The van der Waals surface area contributed by atoms with E-state index in [4.69, 9.17) is 17.7 Å². The van der Waals surface area contributed by atoms with Crippen LogP contribution in [0.15, 0.2) is 0 Å². The summed E-state index contributed by atoms with van der Waals surface area (Å²) in [5.74, 6) is 0. The second-order valence-electron chi connectivity index (χ2n) is 5.45. The molecule has 0 saturated carbocycles. The fraction of sp³-hybridized carbons (Fsp3) is 1.00. The second kappa shape index (κ2) is 7.99. The Morgan fingerprint density at radius 1 is 0.800 bits per heavy atom. The molecular formula is C12H30N2O4Si2. The molecule has 1 heterocycles. The highest BCUT2D eigenvalue weighted by atomic mass is 28.4. The lowest BCUT2D eigenvalue weighted by atomic mass is 10.4. The van der Waals surface area contributed by atoms with Crippen LogP contribution >= 0.6 is 0 Å². The van der Waals surface area contributed by atoms with Crippen LogP contribution in [0.3, 0.4) is 0 Å². The molecule has 0 aromatic heterocycles. The van der Waals surface area contributed by atoms with E-state index in [2.05, 4.69) is 23.1 Å². The minimum absolute atomic E-state index is 0.883. The van der Waals surface area contributed by atoms with Gasteiger partial charge < -0.3 is 22.6 Å². The van der Waals surface area contributed by atoms with Crippen LogP contribution in [-0.4, -0.2) is 88.4 Å². The van der Waals surface area contributed by atoms with Gasteiger partial charge in [0.25, 0.3) is 0 Å². The smallest absolute Gasteiger partial charge is 0.398 e. The van der Waals surface area contributed by atoms with E-state index in [1.807, 2.05) is 0 Å². The van der Waals surface area contributed by atoms with Crippen molar-refractivity contribution < 1.29 is 17.7 Å². The molecular weight excluding hydrogens is 292 g/mol. The summed E-state index contributed by atoms with van der Waals surface area (Å²) in [7, 11) is 4.74.